The highest BCUT2D eigenvalue weighted by molar-refractivity contribution is 5.93. The summed E-state index contributed by atoms with van der Waals surface area (Å²) in [5, 5.41) is 7.54. The lowest BCUT2D eigenvalue weighted by molar-refractivity contribution is 0.0947. The van der Waals surface area contributed by atoms with Crippen LogP contribution in [0.5, 0.6) is 5.75 Å². The van der Waals surface area contributed by atoms with Crippen molar-refractivity contribution in [2.75, 3.05) is 13.7 Å². The van der Waals surface area contributed by atoms with Gasteiger partial charge in [-0.1, -0.05) is 42.5 Å². The number of imidazole rings is 1. The molecule has 5 aromatic rings. The van der Waals surface area contributed by atoms with Crippen LogP contribution in [-0.4, -0.2) is 43.7 Å². The van der Waals surface area contributed by atoms with Crippen LogP contribution < -0.4 is 10.1 Å². The van der Waals surface area contributed by atoms with Gasteiger partial charge in [0.2, 0.25) is 0 Å². The first-order valence-corrected chi connectivity index (χ1v) is 11.1. The summed E-state index contributed by atoms with van der Waals surface area (Å²) < 4.78 is 9.10. The zero-order valence-electron chi connectivity index (χ0n) is 18.8. The van der Waals surface area contributed by atoms with Crippen molar-refractivity contribution in [1.29, 1.82) is 0 Å². The number of nitrogens with one attached hydrogen (secondary N) is 1. The normalized spacial score (nSPS) is 11.0. The lowest BCUT2D eigenvalue weighted by Crippen LogP contribution is -2.25. The van der Waals surface area contributed by atoms with Crippen LogP contribution in [0.2, 0.25) is 0 Å². The molecule has 3 aromatic heterocycles. The Kier molecular flexibility index (Phi) is 6.03. The van der Waals surface area contributed by atoms with Crippen molar-refractivity contribution in [2.24, 2.45) is 0 Å². The molecule has 2 aromatic carbocycles. The van der Waals surface area contributed by atoms with Crippen LogP contribution in [0.4, 0.5) is 0 Å². The number of fused-ring (bicyclic) bond motifs is 1. The fourth-order valence-corrected chi connectivity index (χ4v) is 3.80. The molecular formula is C26H24N6O2. The molecule has 8 heteroatoms. The van der Waals surface area contributed by atoms with Crippen LogP contribution in [0.15, 0.2) is 85.5 Å². The van der Waals surface area contributed by atoms with E-state index >= 15 is 0 Å². The number of methoxy groups -OCH3 is 1. The van der Waals surface area contributed by atoms with Gasteiger partial charge in [-0.3, -0.25) is 4.79 Å². The smallest absolute Gasteiger partial charge is 0.271 e. The highest BCUT2D eigenvalue weighted by atomic mass is 16.5. The van der Waals surface area contributed by atoms with E-state index in [1.165, 1.54) is 0 Å². The van der Waals surface area contributed by atoms with Gasteiger partial charge in [-0.2, -0.15) is 5.10 Å². The molecule has 8 nitrogen and oxygen atoms in total. The van der Waals surface area contributed by atoms with E-state index in [0.29, 0.717) is 17.9 Å². The van der Waals surface area contributed by atoms with Gasteiger partial charge in [0.1, 0.15) is 5.75 Å². The molecule has 1 amide bonds. The molecule has 34 heavy (non-hydrogen) atoms. The molecule has 0 aliphatic carbocycles. The Labute approximate surface area is 196 Å². The summed E-state index contributed by atoms with van der Waals surface area (Å²) in [7, 11) is 1.64. The van der Waals surface area contributed by atoms with Crippen LogP contribution in [0.3, 0.4) is 0 Å². The molecule has 1 N–H and O–H groups in total. The summed E-state index contributed by atoms with van der Waals surface area (Å²) in [5.74, 6) is 0.515. The lowest BCUT2D eigenvalue weighted by Gasteiger charge is -2.10. The second-order valence-corrected chi connectivity index (χ2v) is 7.83. The Balaban J connectivity index is 1.47. The first kappa shape index (κ1) is 21.4. The number of aryl methyl sites for hydroxylation is 1. The van der Waals surface area contributed by atoms with Crippen molar-refractivity contribution in [1.82, 2.24) is 29.5 Å². The minimum Gasteiger partial charge on any atom is -0.497 e. The molecule has 0 aliphatic heterocycles. The third-order valence-corrected chi connectivity index (χ3v) is 5.53. The molecule has 0 atom stereocenters. The lowest BCUT2D eigenvalue weighted by atomic mass is 10.1. The van der Waals surface area contributed by atoms with E-state index in [1.54, 1.807) is 30.2 Å². The maximum absolute atomic E-state index is 12.8. The monoisotopic (exact) mass is 452 g/mol. The number of carbonyl (C=O) groups excluding carboxylic acids is 1. The fraction of sp³-hybridized carbons (Fsp3) is 0.154. The van der Waals surface area contributed by atoms with Crippen molar-refractivity contribution in [3.05, 3.63) is 91.1 Å². The van der Waals surface area contributed by atoms with Crippen molar-refractivity contribution >= 4 is 11.6 Å². The van der Waals surface area contributed by atoms with E-state index < -0.39 is 0 Å². The number of nitrogens with zero attached hydrogens (tertiary/aromatic N) is 5. The number of aromatic nitrogens is 5. The number of benzene rings is 2. The first-order valence-electron chi connectivity index (χ1n) is 11.1. The molecule has 0 saturated heterocycles. The molecule has 0 bridgehead atoms. The Hall–Kier alpha value is -4.46. The van der Waals surface area contributed by atoms with Gasteiger partial charge < -0.3 is 14.6 Å². The summed E-state index contributed by atoms with van der Waals surface area (Å²) in [4.78, 5) is 21.6. The number of rotatable bonds is 8. The maximum atomic E-state index is 12.8. The van der Waals surface area contributed by atoms with E-state index in [1.807, 2.05) is 71.4 Å². The Morgan fingerprint density at radius 2 is 1.88 bits per heavy atom. The Morgan fingerprint density at radius 1 is 1.03 bits per heavy atom. The zero-order chi connectivity index (χ0) is 23.3. The van der Waals surface area contributed by atoms with Gasteiger partial charge >= 0.3 is 0 Å². The van der Waals surface area contributed by atoms with Crippen molar-refractivity contribution in [2.45, 2.75) is 13.0 Å². The Morgan fingerprint density at radius 3 is 2.68 bits per heavy atom. The van der Waals surface area contributed by atoms with Crippen LogP contribution in [0.25, 0.3) is 28.2 Å². The predicted molar refractivity (Wildman–Crippen MR) is 130 cm³/mol. The summed E-state index contributed by atoms with van der Waals surface area (Å²) in [5.41, 5.74) is 4.45. The average Bonchev–Trinajstić information content (AvgIpc) is 3.56. The molecule has 5 rings (SSSR count). The van der Waals surface area contributed by atoms with E-state index in [-0.39, 0.29) is 5.91 Å². The van der Waals surface area contributed by atoms with Gasteiger partial charge in [-0.05, 0) is 24.6 Å². The van der Waals surface area contributed by atoms with Crippen molar-refractivity contribution in [3.63, 3.8) is 0 Å². The maximum Gasteiger partial charge on any atom is 0.271 e. The van der Waals surface area contributed by atoms with Gasteiger partial charge in [-0.15, -0.1) is 0 Å². The van der Waals surface area contributed by atoms with Crippen LogP contribution in [0, 0.1) is 0 Å². The summed E-state index contributed by atoms with van der Waals surface area (Å²) in [6.45, 7) is 1.32. The van der Waals surface area contributed by atoms with Crippen LogP contribution in [0.1, 0.15) is 16.9 Å². The number of hydrogen-bond donors (Lipinski definition) is 1. The van der Waals surface area contributed by atoms with E-state index in [0.717, 1.165) is 41.2 Å². The third-order valence-electron chi connectivity index (χ3n) is 5.53. The van der Waals surface area contributed by atoms with Gasteiger partial charge in [0, 0.05) is 42.7 Å². The standard InChI is InChI=1S/C26H24N6O2/c1-34-21-10-5-9-20(15-21)24-16-22(19-7-3-2-4-8-19)29-25-17-23(30-32(24)25)26(33)28-11-6-13-31-14-12-27-18-31/h2-5,7-10,12,14-18H,6,11,13H2,1H3,(H,28,33). The molecule has 0 fully saturated rings. The highest BCUT2D eigenvalue weighted by Crippen LogP contribution is 2.28. The molecule has 0 spiro atoms. The minimum atomic E-state index is -0.228. The minimum absolute atomic E-state index is 0.228. The van der Waals surface area contributed by atoms with Gasteiger partial charge in [0.05, 0.1) is 24.8 Å². The molecule has 3 heterocycles. The molecule has 0 unspecified atom stereocenters. The molecule has 170 valence electrons. The average molecular weight is 453 g/mol. The molecule has 0 aliphatic rings. The second-order valence-electron chi connectivity index (χ2n) is 7.83. The third kappa shape index (κ3) is 4.52. The topological polar surface area (TPSA) is 86.3 Å². The number of carbonyl (C=O) groups is 1. The van der Waals surface area contributed by atoms with Crippen LogP contribution >= 0.6 is 0 Å². The summed E-state index contributed by atoms with van der Waals surface area (Å²) >= 11 is 0. The largest absolute Gasteiger partial charge is 0.497 e. The van der Waals surface area contributed by atoms with Gasteiger partial charge in [0.15, 0.2) is 11.3 Å². The zero-order valence-corrected chi connectivity index (χ0v) is 18.8. The van der Waals surface area contributed by atoms with Crippen LogP contribution in [-0.2, 0) is 6.54 Å². The quantitative estimate of drug-likeness (QED) is 0.359. The van der Waals surface area contributed by atoms with Crippen molar-refractivity contribution < 1.29 is 9.53 Å². The van der Waals surface area contributed by atoms with Crippen molar-refractivity contribution in [3.8, 4) is 28.3 Å². The molecule has 0 saturated carbocycles. The summed E-state index contributed by atoms with van der Waals surface area (Å²) in [6, 6.07) is 21.4. The number of hydrogen-bond acceptors (Lipinski definition) is 5. The molecular weight excluding hydrogens is 428 g/mol. The van der Waals surface area contributed by atoms with Gasteiger partial charge in [0.25, 0.3) is 5.91 Å². The number of amides is 1. The van der Waals surface area contributed by atoms with E-state index in [2.05, 4.69) is 15.4 Å². The van der Waals surface area contributed by atoms with E-state index in [4.69, 9.17) is 9.72 Å². The second kappa shape index (κ2) is 9.58. The SMILES string of the molecule is COc1cccc(-c2cc(-c3ccccc3)nc3cc(C(=O)NCCCn4ccnc4)nn23)c1. The first-order chi connectivity index (χ1) is 16.7. The summed E-state index contributed by atoms with van der Waals surface area (Å²) in [6.07, 6.45) is 6.20. The highest BCUT2D eigenvalue weighted by Gasteiger charge is 2.16. The Bertz CT molecular complexity index is 1410. The van der Waals surface area contributed by atoms with E-state index in [9.17, 15) is 4.79 Å². The van der Waals surface area contributed by atoms with Gasteiger partial charge in [-0.25, -0.2) is 14.5 Å². The predicted octanol–water partition coefficient (Wildman–Crippen LogP) is 4.09. The molecule has 0 radical (unpaired) electrons. The number of ether oxygens (including phenoxy) is 1. The fourth-order valence-electron chi connectivity index (χ4n) is 3.80.